The van der Waals surface area contributed by atoms with Crippen LogP contribution < -0.4 is 5.73 Å². The number of aryl methyl sites for hydroxylation is 1. The Bertz CT molecular complexity index is 535. The minimum absolute atomic E-state index is 0.186. The summed E-state index contributed by atoms with van der Waals surface area (Å²) < 4.78 is 0. The number of nitrogens with two attached hydrogens (primary N) is 1. The van der Waals surface area contributed by atoms with E-state index in [-0.39, 0.29) is 16.1 Å². The second-order valence-electron chi connectivity index (χ2n) is 6.51. The summed E-state index contributed by atoms with van der Waals surface area (Å²) in [5, 5.41) is 11.2. The second-order valence-corrected chi connectivity index (χ2v) is 6.51. The molecule has 0 atom stereocenters. The topological polar surface area (TPSA) is 82.0 Å². The highest BCUT2D eigenvalue weighted by molar-refractivity contribution is 5.47. The van der Waals surface area contributed by atoms with Crippen molar-refractivity contribution in [3.8, 4) is 0 Å². The van der Waals surface area contributed by atoms with Gasteiger partial charge in [0.2, 0.25) is 0 Å². The summed E-state index contributed by atoms with van der Waals surface area (Å²) in [4.78, 5) is 15.3. The molecule has 0 spiro atoms. The Labute approximate surface area is 126 Å². The summed E-state index contributed by atoms with van der Waals surface area (Å²) >= 11 is 0. The van der Waals surface area contributed by atoms with Gasteiger partial charge in [0.15, 0.2) is 0 Å². The lowest BCUT2D eigenvalue weighted by Crippen LogP contribution is -2.45. The molecule has 0 aromatic carbocycles. The van der Waals surface area contributed by atoms with Gasteiger partial charge < -0.3 is 5.73 Å². The van der Waals surface area contributed by atoms with Gasteiger partial charge in [0.1, 0.15) is 0 Å². The zero-order valence-corrected chi connectivity index (χ0v) is 13.2. The molecule has 0 saturated heterocycles. The predicted molar refractivity (Wildman–Crippen MR) is 83.2 cm³/mol. The molecule has 1 saturated carbocycles. The third-order valence-electron chi connectivity index (χ3n) is 4.96. The van der Waals surface area contributed by atoms with Crippen molar-refractivity contribution in [3.05, 3.63) is 33.1 Å². The van der Waals surface area contributed by atoms with E-state index in [2.05, 4.69) is 11.9 Å². The van der Waals surface area contributed by atoms with Gasteiger partial charge in [-0.05, 0) is 45.4 Å². The highest BCUT2D eigenvalue weighted by atomic mass is 16.6. The molecular formula is C16H25N3O2. The van der Waals surface area contributed by atoms with E-state index in [1.807, 2.05) is 0 Å². The molecule has 1 fully saturated rings. The Morgan fingerprint density at radius 1 is 1.43 bits per heavy atom. The minimum Gasteiger partial charge on any atom is -0.325 e. The normalized spacial score (nSPS) is 25.8. The van der Waals surface area contributed by atoms with Crippen LogP contribution in [0.4, 0.5) is 5.69 Å². The van der Waals surface area contributed by atoms with Gasteiger partial charge in [0, 0.05) is 29.3 Å². The van der Waals surface area contributed by atoms with Crippen molar-refractivity contribution < 1.29 is 4.92 Å². The van der Waals surface area contributed by atoms with Crippen LogP contribution >= 0.6 is 0 Å². The van der Waals surface area contributed by atoms with Gasteiger partial charge >= 0.3 is 0 Å². The van der Waals surface area contributed by atoms with Crippen LogP contribution in [0, 0.1) is 29.9 Å². The van der Waals surface area contributed by atoms with Crippen LogP contribution in [0.3, 0.4) is 0 Å². The third-order valence-corrected chi connectivity index (χ3v) is 4.96. The number of hydrogen-bond donors (Lipinski definition) is 1. The lowest BCUT2D eigenvalue weighted by Gasteiger charge is -2.37. The highest BCUT2D eigenvalue weighted by Crippen LogP contribution is 2.35. The van der Waals surface area contributed by atoms with Crippen LogP contribution in [-0.2, 0) is 6.42 Å². The van der Waals surface area contributed by atoms with Crippen molar-refractivity contribution in [1.82, 2.24) is 4.98 Å². The molecular weight excluding hydrogens is 266 g/mol. The first-order valence-electron chi connectivity index (χ1n) is 7.74. The molecule has 0 amide bonds. The quantitative estimate of drug-likeness (QED) is 0.680. The van der Waals surface area contributed by atoms with Crippen molar-refractivity contribution in [3.63, 3.8) is 0 Å². The van der Waals surface area contributed by atoms with Crippen molar-refractivity contribution in [2.45, 2.75) is 64.8 Å². The van der Waals surface area contributed by atoms with Crippen molar-refractivity contribution in [2.75, 3.05) is 0 Å². The lowest BCUT2D eigenvalue weighted by atomic mass is 9.73. The summed E-state index contributed by atoms with van der Waals surface area (Å²) in [5.41, 5.74) is 8.52. The first-order chi connectivity index (χ1) is 9.86. The van der Waals surface area contributed by atoms with Crippen molar-refractivity contribution in [2.24, 2.45) is 11.7 Å². The van der Waals surface area contributed by atoms with Crippen LogP contribution in [0.1, 0.15) is 55.8 Å². The summed E-state index contributed by atoms with van der Waals surface area (Å²) in [6.07, 6.45) is 7.71. The standard InChI is InChI=1S/C16H25N3O2/c1-4-13-5-7-16(17,8-6-13)9-14-12(3)15(19(20)21)11(2)10-18-14/h10,13H,4-9,17H2,1-3H3. The fourth-order valence-electron chi connectivity index (χ4n) is 3.40. The molecule has 0 radical (unpaired) electrons. The summed E-state index contributed by atoms with van der Waals surface area (Å²) in [6.45, 7) is 5.74. The van der Waals surface area contributed by atoms with Crippen LogP contribution in [0.25, 0.3) is 0 Å². The Morgan fingerprint density at radius 2 is 2.05 bits per heavy atom. The van der Waals surface area contributed by atoms with Gasteiger partial charge in [-0.15, -0.1) is 0 Å². The Kier molecular flexibility index (Phi) is 4.61. The molecule has 1 aromatic heterocycles. The fraction of sp³-hybridized carbons (Fsp3) is 0.688. The van der Waals surface area contributed by atoms with E-state index >= 15 is 0 Å². The van der Waals surface area contributed by atoms with E-state index in [1.165, 1.54) is 6.42 Å². The lowest BCUT2D eigenvalue weighted by molar-refractivity contribution is -0.386. The first kappa shape index (κ1) is 15.9. The van der Waals surface area contributed by atoms with E-state index in [0.717, 1.165) is 37.3 Å². The van der Waals surface area contributed by atoms with Gasteiger partial charge in [-0.25, -0.2) is 0 Å². The van der Waals surface area contributed by atoms with E-state index in [1.54, 1.807) is 20.0 Å². The molecule has 1 aliphatic rings. The van der Waals surface area contributed by atoms with Gasteiger partial charge in [-0.2, -0.15) is 0 Å². The minimum atomic E-state index is -0.312. The Balaban J connectivity index is 2.20. The second kappa shape index (κ2) is 6.10. The molecule has 1 aliphatic carbocycles. The molecule has 5 heteroatoms. The number of aromatic nitrogens is 1. The largest absolute Gasteiger partial charge is 0.325 e. The maximum atomic E-state index is 11.2. The fourth-order valence-corrected chi connectivity index (χ4v) is 3.40. The van der Waals surface area contributed by atoms with Crippen molar-refractivity contribution >= 4 is 5.69 Å². The molecule has 0 aliphatic heterocycles. The van der Waals surface area contributed by atoms with E-state index in [4.69, 9.17) is 5.73 Å². The zero-order chi connectivity index (χ0) is 15.6. The molecule has 1 heterocycles. The molecule has 0 unspecified atom stereocenters. The monoisotopic (exact) mass is 291 g/mol. The van der Waals surface area contributed by atoms with Gasteiger partial charge in [-0.1, -0.05) is 13.3 Å². The van der Waals surface area contributed by atoms with Gasteiger partial charge in [0.25, 0.3) is 5.69 Å². The summed E-state index contributed by atoms with van der Waals surface area (Å²) in [7, 11) is 0. The smallest absolute Gasteiger partial charge is 0.278 e. The van der Waals surface area contributed by atoms with Crippen LogP contribution in [0.5, 0.6) is 0 Å². The predicted octanol–water partition coefficient (Wildman–Crippen LogP) is 3.45. The Morgan fingerprint density at radius 3 is 2.57 bits per heavy atom. The number of rotatable bonds is 4. The molecule has 2 N–H and O–H groups in total. The number of hydrogen-bond acceptors (Lipinski definition) is 4. The van der Waals surface area contributed by atoms with Gasteiger partial charge in [-0.3, -0.25) is 15.1 Å². The van der Waals surface area contributed by atoms with Crippen LogP contribution in [-0.4, -0.2) is 15.4 Å². The average molecular weight is 291 g/mol. The molecule has 0 bridgehead atoms. The van der Waals surface area contributed by atoms with E-state index in [9.17, 15) is 10.1 Å². The van der Waals surface area contributed by atoms with Gasteiger partial charge in [0.05, 0.1) is 10.6 Å². The SMILES string of the molecule is CCC1CCC(N)(Cc2ncc(C)c([N+](=O)[O-])c2C)CC1. The third kappa shape index (κ3) is 3.40. The maximum Gasteiger partial charge on any atom is 0.278 e. The van der Waals surface area contributed by atoms with Crippen LogP contribution in [0.15, 0.2) is 6.20 Å². The summed E-state index contributed by atoms with van der Waals surface area (Å²) in [5.74, 6) is 0.781. The Hall–Kier alpha value is -1.49. The maximum absolute atomic E-state index is 11.2. The first-order valence-corrected chi connectivity index (χ1v) is 7.74. The molecule has 116 valence electrons. The number of pyridine rings is 1. The molecule has 21 heavy (non-hydrogen) atoms. The number of nitrogens with zero attached hydrogens (tertiary/aromatic N) is 2. The summed E-state index contributed by atoms with van der Waals surface area (Å²) in [6, 6.07) is 0. The molecule has 1 aromatic rings. The number of nitro groups is 1. The zero-order valence-electron chi connectivity index (χ0n) is 13.2. The molecule has 2 rings (SSSR count). The van der Waals surface area contributed by atoms with Crippen LogP contribution in [0.2, 0.25) is 0 Å². The molecule has 5 nitrogen and oxygen atoms in total. The highest BCUT2D eigenvalue weighted by Gasteiger charge is 2.33. The van der Waals surface area contributed by atoms with Crippen molar-refractivity contribution in [1.29, 1.82) is 0 Å². The average Bonchev–Trinajstić information content (AvgIpc) is 2.43. The van der Waals surface area contributed by atoms with E-state index in [0.29, 0.717) is 17.5 Å². The van der Waals surface area contributed by atoms with E-state index < -0.39 is 0 Å².